The van der Waals surface area contributed by atoms with E-state index >= 15 is 0 Å². The monoisotopic (exact) mass is 242 g/mol. The van der Waals surface area contributed by atoms with E-state index in [1.54, 1.807) is 0 Å². The van der Waals surface area contributed by atoms with Crippen LogP contribution < -0.4 is 0 Å². The van der Waals surface area contributed by atoms with Gasteiger partial charge in [-0.2, -0.15) is 0 Å². The fourth-order valence-corrected chi connectivity index (χ4v) is 2.59. The summed E-state index contributed by atoms with van der Waals surface area (Å²) in [5.74, 6) is 0. The molecule has 0 saturated heterocycles. The van der Waals surface area contributed by atoms with Crippen molar-refractivity contribution < 1.29 is 23.3 Å². The summed E-state index contributed by atoms with van der Waals surface area (Å²) in [7, 11) is -0.725. The van der Waals surface area contributed by atoms with Gasteiger partial charge in [-0.15, -0.1) is 0 Å². The molecule has 0 spiro atoms. The van der Waals surface area contributed by atoms with Crippen LogP contribution in [0.1, 0.15) is 5.56 Å². The van der Waals surface area contributed by atoms with E-state index in [4.69, 9.17) is 13.3 Å². The molecule has 2 N–H and O–H groups in total. The van der Waals surface area contributed by atoms with Crippen molar-refractivity contribution >= 4 is 15.4 Å². The summed E-state index contributed by atoms with van der Waals surface area (Å²) >= 11 is 0. The first kappa shape index (κ1) is 13.4. The summed E-state index contributed by atoms with van der Waals surface area (Å²) < 4.78 is 15.3. The lowest BCUT2D eigenvalue weighted by molar-refractivity contribution is 0.101. The molecular formula is C9H15BO5Si. The standard InChI is InChI=1S/C9H15BO5Si/c1-13-16(14-2,10(11)12)15-8-9-6-4-3-5-7-9/h3-7,11-12H,8H2,1-2H3. The Morgan fingerprint density at radius 3 is 2.12 bits per heavy atom. The normalized spacial score (nSPS) is 11.5. The summed E-state index contributed by atoms with van der Waals surface area (Å²) in [5.41, 5.74) is 0.911. The molecule has 0 radical (unpaired) electrons. The highest BCUT2D eigenvalue weighted by Gasteiger charge is 2.52. The average molecular weight is 242 g/mol. The third-order valence-corrected chi connectivity index (χ3v) is 4.49. The molecular weight excluding hydrogens is 227 g/mol. The van der Waals surface area contributed by atoms with E-state index in [0.717, 1.165) is 5.56 Å². The zero-order chi connectivity index (χ0) is 12.0. The summed E-state index contributed by atoms with van der Waals surface area (Å²) in [6.45, 7) is -1.53. The van der Waals surface area contributed by atoms with Crippen molar-refractivity contribution in [2.45, 2.75) is 6.61 Å². The first-order valence-corrected chi connectivity index (χ1v) is 6.59. The number of hydrogen-bond donors (Lipinski definition) is 2. The van der Waals surface area contributed by atoms with Gasteiger partial charge in [-0.1, -0.05) is 30.3 Å². The van der Waals surface area contributed by atoms with Crippen LogP contribution in [0.3, 0.4) is 0 Å². The summed E-state index contributed by atoms with van der Waals surface area (Å²) in [6, 6.07) is 9.37. The molecule has 0 aliphatic heterocycles. The van der Waals surface area contributed by atoms with Gasteiger partial charge in [0.1, 0.15) is 0 Å². The van der Waals surface area contributed by atoms with Crippen LogP contribution in [0, 0.1) is 0 Å². The Kier molecular flexibility index (Phi) is 5.13. The molecule has 1 rings (SSSR count). The van der Waals surface area contributed by atoms with E-state index in [2.05, 4.69) is 0 Å². The van der Waals surface area contributed by atoms with Gasteiger partial charge >= 0.3 is 15.4 Å². The van der Waals surface area contributed by atoms with Crippen molar-refractivity contribution in [2.24, 2.45) is 0 Å². The van der Waals surface area contributed by atoms with Gasteiger partial charge in [-0.05, 0) is 5.56 Å². The van der Waals surface area contributed by atoms with Crippen molar-refractivity contribution in [1.29, 1.82) is 0 Å². The smallest absolute Gasteiger partial charge is 0.424 e. The first-order valence-electron chi connectivity index (χ1n) is 4.79. The molecule has 0 fully saturated rings. The minimum atomic E-state index is -3.39. The molecule has 1 aromatic rings. The van der Waals surface area contributed by atoms with Crippen LogP contribution in [0.15, 0.2) is 30.3 Å². The van der Waals surface area contributed by atoms with Gasteiger partial charge in [0.25, 0.3) is 0 Å². The fraction of sp³-hybridized carbons (Fsp3) is 0.333. The van der Waals surface area contributed by atoms with Crippen LogP contribution in [0.5, 0.6) is 0 Å². The van der Waals surface area contributed by atoms with Gasteiger partial charge in [0.2, 0.25) is 0 Å². The van der Waals surface area contributed by atoms with Gasteiger partial charge in [-0.25, -0.2) is 0 Å². The highest BCUT2D eigenvalue weighted by atomic mass is 28.4. The van der Waals surface area contributed by atoms with Crippen molar-refractivity contribution in [1.82, 2.24) is 0 Å². The van der Waals surface area contributed by atoms with E-state index < -0.39 is 15.4 Å². The van der Waals surface area contributed by atoms with Gasteiger partial charge in [0.05, 0.1) is 6.61 Å². The van der Waals surface area contributed by atoms with Crippen LogP contribution in [0.25, 0.3) is 0 Å². The Morgan fingerprint density at radius 2 is 1.69 bits per heavy atom. The minimum Gasteiger partial charge on any atom is -0.424 e. The lowest BCUT2D eigenvalue weighted by Gasteiger charge is -2.25. The molecule has 0 aromatic heterocycles. The molecule has 0 unspecified atom stereocenters. The van der Waals surface area contributed by atoms with Gasteiger partial charge < -0.3 is 23.3 Å². The summed E-state index contributed by atoms with van der Waals surface area (Å²) in [5, 5.41) is 18.4. The molecule has 0 heterocycles. The molecule has 5 nitrogen and oxygen atoms in total. The predicted molar refractivity (Wildman–Crippen MR) is 61.2 cm³/mol. The Bertz CT molecular complexity index is 304. The maximum absolute atomic E-state index is 9.18. The van der Waals surface area contributed by atoms with Gasteiger partial charge in [-0.3, -0.25) is 0 Å². The topological polar surface area (TPSA) is 68.2 Å². The molecule has 0 atom stereocenters. The Labute approximate surface area is 96.0 Å². The maximum atomic E-state index is 9.18. The fourth-order valence-electron chi connectivity index (χ4n) is 1.24. The van der Waals surface area contributed by atoms with E-state index in [1.165, 1.54) is 14.2 Å². The number of rotatable bonds is 6. The highest BCUT2D eigenvalue weighted by molar-refractivity contribution is 7.17. The van der Waals surface area contributed by atoms with Crippen molar-refractivity contribution in [3.63, 3.8) is 0 Å². The van der Waals surface area contributed by atoms with E-state index in [0.29, 0.717) is 0 Å². The van der Waals surface area contributed by atoms with E-state index in [9.17, 15) is 10.0 Å². The minimum absolute atomic E-state index is 0.215. The molecule has 0 bridgehead atoms. The average Bonchev–Trinajstić information content (AvgIpc) is 2.32. The second-order valence-electron chi connectivity index (χ2n) is 3.16. The second-order valence-corrected chi connectivity index (χ2v) is 5.99. The lowest BCUT2D eigenvalue weighted by atomic mass is 10.2. The van der Waals surface area contributed by atoms with Crippen LogP contribution >= 0.6 is 0 Å². The molecule has 7 heteroatoms. The first-order chi connectivity index (χ1) is 7.64. The molecule has 88 valence electrons. The van der Waals surface area contributed by atoms with Crippen molar-refractivity contribution in [3.8, 4) is 0 Å². The third-order valence-electron chi connectivity index (χ3n) is 2.17. The molecule has 0 saturated carbocycles. The molecule has 0 amide bonds. The Balaban J connectivity index is 2.64. The lowest BCUT2D eigenvalue weighted by Crippen LogP contribution is -2.58. The van der Waals surface area contributed by atoms with E-state index in [1.807, 2.05) is 30.3 Å². The third kappa shape index (κ3) is 3.14. The SMILES string of the molecule is CO[Si](OC)(OCc1ccccc1)B(O)O. The molecule has 0 aliphatic carbocycles. The van der Waals surface area contributed by atoms with Crippen LogP contribution in [0.4, 0.5) is 0 Å². The Hall–Kier alpha value is -0.698. The van der Waals surface area contributed by atoms with Crippen LogP contribution in [-0.2, 0) is 19.9 Å². The maximum Gasteiger partial charge on any atom is 0.536 e. The largest absolute Gasteiger partial charge is 0.536 e. The van der Waals surface area contributed by atoms with Crippen molar-refractivity contribution in [2.75, 3.05) is 14.2 Å². The zero-order valence-corrected chi connectivity index (χ0v) is 10.3. The molecule has 0 aliphatic rings. The highest BCUT2D eigenvalue weighted by Crippen LogP contribution is 2.12. The quantitative estimate of drug-likeness (QED) is 0.686. The number of benzene rings is 1. The zero-order valence-electron chi connectivity index (χ0n) is 9.29. The van der Waals surface area contributed by atoms with Crippen LogP contribution in [-0.4, -0.2) is 39.7 Å². The van der Waals surface area contributed by atoms with Gasteiger partial charge in [0.15, 0.2) is 0 Å². The van der Waals surface area contributed by atoms with Gasteiger partial charge in [0, 0.05) is 14.2 Å². The Morgan fingerprint density at radius 1 is 1.12 bits per heavy atom. The second kappa shape index (κ2) is 6.14. The predicted octanol–water partition coefficient (Wildman–Crippen LogP) is -0.0139. The summed E-state index contributed by atoms with van der Waals surface area (Å²) in [6.07, 6.45) is 0. The van der Waals surface area contributed by atoms with Crippen molar-refractivity contribution in [3.05, 3.63) is 35.9 Å². The number of hydrogen-bond acceptors (Lipinski definition) is 5. The van der Waals surface area contributed by atoms with E-state index in [-0.39, 0.29) is 6.61 Å². The summed E-state index contributed by atoms with van der Waals surface area (Å²) in [4.78, 5) is 0. The molecule has 16 heavy (non-hydrogen) atoms. The van der Waals surface area contributed by atoms with Crippen LogP contribution in [0.2, 0.25) is 0 Å². The molecule has 1 aromatic carbocycles.